The van der Waals surface area contributed by atoms with E-state index in [4.69, 9.17) is 5.11 Å². The zero-order valence-electron chi connectivity index (χ0n) is 14.5. The van der Waals surface area contributed by atoms with Crippen molar-refractivity contribution < 1.29 is 9.90 Å². The third-order valence-electron chi connectivity index (χ3n) is 5.46. The van der Waals surface area contributed by atoms with Crippen LogP contribution >= 0.6 is 0 Å². The second-order valence-corrected chi connectivity index (χ2v) is 7.25. The van der Waals surface area contributed by atoms with Crippen LogP contribution in [0.25, 0.3) is 11.1 Å². The van der Waals surface area contributed by atoms with Gasteiger partial charge in [-0.15, -0.1) is 0 Å². The van der Waals surface area contributed by atoms with Crippen LogP contribution in [0.2, 0.25) is 0 Å². The lowest BCUT2D eigenvalue weighted by Gasteiger charge is -2.18. The molecule has 25 heavy (non-hydrogen) atoms. The van der Waals surface area contributed by atoms with Crippen LogP contribution in [0.3, 0.4) is 0 Å². The van der Waals surface area contributed by atoms with Crippen LogP contribution in [0.5, 0.6) is 0 Å². The van der Waals surface area contributed by atoms with Crippen molar-refractivity contribution in [3.63, 3.8) is 0 Å². The number of hydrogen-bond donors (Lipinski definition) is 2. The molecule has 0 bridgehead atoms. The smallest absolute Gasteiger partial charge is 0.407 e. The summed E-state index contributed by atoms with van der Waals surface area (Å²) in [5.41, 5.74) is 3.17. The molecule has 1 unspecified atom stereocenters. The summed E-state index contributed by atoms with van der Waals surface area (Å²) < 4.78 is 1.81. The maximum absolute atomic E-state index is 11.1. The minimum Gasteiger partial charge on any atom is -0.465 e. The number of likely N-dealkylation sites (tertiary alicyclic amines) is 1. The minimum atomic E-state index is -0.790. The number of aromatic nitrogens is 3. The average molecular weight is 341 g/mol. The first-order valence-electron chi connectivity index (χ1n) is 8.70. The van der Waals surface area contributed by atoms with Crippen molar-refractivity contribution in [2.75, 3.05) is 18.4 Å². The van der Waals surface area contributed by atoms with Gasteiger partial charge in [-0.1, -0.05) is 0 Å². The van der Waals surface area contributed by atoms with E-state index in [1.807, 2.05) is 37.1 Å². The van der Waals surface area contributed by atoms with Gasteiger partial charge in [0.15, 0.2) is 0 Å². The summed E-state index contributed by atoms with van der Waals surface area (Å²) in [7, 11) is 1.92. The standard InChI is InChI=1S/C18H23N5O2/c1-11-16(10-22(2)21-11)12-3-4-17(19-7-12)20-15-5-13-8-23(18(24)25)9-14(13)6-15/h3-4,7,10,13-15H,5-6,8-9H2,1-2H3,(H,19,20)(H,24,25)/t13-,14+,15?. The molecular weight excluding hydrogens is 318 g/mol. The van der Waals surface area contributed by atoms with Gasteiger partial charge in [0.1, 0.15) is 5.82 Å². The molecule has 3 atom stereocenters. The number of nitrogens with one attached hydrogen (secondary N) is 1. The van der Waals surface area contributed by atoms with Crippen LogP contribution < -0.4 is 5.32 Å². The molecule has 7 heteroatoms. The number of anilines is 1. The molecule has 2 aliphatic rings. The van der Waals surface area contributed by atoms with Crippen molar-refractivity contribution >= 4 is 11.9 Å². The average Bonchev–Trinajstić information content (AvgIpc) is 3.21. The lowest BCUT2D eigenvalue weighted by molar-refractivity contribution is 0.152. The van der Waals surface area contributed by atoms with Crippen molar-refractivity contribution in [3.8, 4) is 11.1 Å². The summed E-state index contributed by atoms with van der Waals surface area (Å²) in [4.78, 5) is 17.2. The Morgan fingerprint density at radius 3 is 2.52 bits per heavy atom. The predicted molar refractivity (Wildman–Crippen MR) is 94.4 cm³/mol. The normalized spacial score (nSPS) is 25.2. The zero-order chi connectivity index (χ0) is 17.6. The van der Waals surface area contributed by atoms with Crippen LogP contribution in [0, 0.1) is 18.8 Å². The van der Waals surface area contributed by atoms with Crippen molar-refractivity contribution in [1.82, 2.24) is 19.7 Å². The Hall–Kier alpha value is -2.57. The van der Waals surface area contributed by atoms with Crippen LogP contribution in [0.1, 0.15) is 18.5 Å². The second kappa shape index (κ2) is 6.06. The van der Waals surface area contributed by atoms with E-state index in [0.717, 1.165) is 35.5 Å². The third-order valence-corrected chi connectivity index (χ3v) is 5.46. The van der Waals surface area contributed by atoms with Gasteiger partial charge < -0.3 is 15.3 Å². The van der Waals surface area contributed by atoms with Gasteiger partial charge in [-0.05, 0) is 43.7 Å². The molecular formula is C18H23N5O2. The van der Waals surface area contributed by atoms with Crippen LogP contribution in [-0.4, -0.2) is 50.0 Å². The molecule has 1 amide bonds. The van der Waals surface area contributed by atoms with Crippen LogP contribution in [0.4, 0.5) is 10.6 Å². The fourth-order valence-corrected chi connectivity index (χ4v) is 4.30. The first kappa shape index (κ1) is 15.9. The number of fused-ring (bicyclic) bond motifs is 1. The molecule has 1 aliphatic heterocycles. The number of aryl methyl sites for hydroxylation is 2. The molecule has 2 aromatic rings. The maximum Gasteiger partial charge on any atom is 0.407 e. The van der Waals surface area contributed by atoms with Gasteiger partial charge in [0.25, 0.3) is 0 Å². The monoisotopic (exact) mass is 341 g/mol. The molecule has 2 fully saturated rings. The van der Waals surface area contributed by atoms with Gasteiger partial charge in [0, 0.05) is 49.7 Å². The number of rotatable bonds is 3. The first-order valence-corrected chi connectivity index (χ1v) is 8.70. The summed E-state index contributed by atoms with van der Waals surface area (Å²) in [5, 5.41) is 17.0. The molecule has 132 valence electrons. The summed E-state index contributed by atoms with van der Waals surface area (Å²) >= 11 is 0. The van der Waals surface area contributed by atoms with E-state index in [2.05, 4.69) is 21.5 Å². The molecule has 1 saturated heterocycles. The van der Waals surface area contributed by atoms with E-state index in [-0.39, 0.29) is 0 Å². The number of pyridine rings is 1. The SMILES string of the molecule is Cc1nn(C)cc1-c1ccc(NC2C[C@@H]3CN(C(=O)O)C[C@@H]3C2)nc1. The Morgan fingerprint density at radius 1 is 1.28 bits per heavy atom. The summed E-state index contributed by atoms with van der Waals surface area (Å²) in [6.07, 6.45) is 5.13. The molecule has 7 nitrogen and oxygen atoms in total. The number of amides is 1. The zero-order valence-corrected chi connectivity index (χ0v) is 14.5. The highest BCUT2D eigenvalue weighted by Crippen LogP contribution is 2.39. The molecule has 0 spiro atoms. The highest BCUT2D eigenvalue weighted by Gasteiger charge is 2.42. The molecule has 0 aromatic carbocycles. The van der Waals surface area contributed by atoms with Crippen molar-refractivity contribution in [2.24, 2.45) is 18.9 Å². The lowest BCUT2D eigenvalue weighted by Crippen LogP contribution is -2.29. The van der Waals surface area contributed by atoms with Crippen molar-refractivity contribution in [1.29, 1.82) is 0 Å². The summed E-state index contributed by atoms with van der Waals surface area (Å²) in [5.74, 6) is 1.84. The fourth-order valence-electron chi connectivity index (χ4n) is 4.30. The second-order valence-electron chi connectivity index (χ2n) is 7.25. The van der Waals surface area contributed by atoms with Crippen molar-refractivity contribution in [2.45, 2.75) is 25.8 Å². The van der Waals surface area contributed by atoms with Crippen LogP contribution in [0.15, 0.2) is 24.5 Å². The van der Waals surface area contributed by atoms with E-state index < -0.39 is 6.09 Å². The van der Waals surface area contributed by atoms with Gasteiger partial charge in [0.2, 0.25) is 0 Å². The first-order chi connectivity index (χ1) is 12.0. The predicted octanol–water partition coefficient (Wildman–Crippen LogP) is 2.59. The quantitative estimate of drug-likeness (QED) is 0.896. The van der Waals surface area contributed by atoms with E-state index in [1.165, 1.54) is 0 Å². The Balaban J connectivity index is 1.38. The Kier molecular flexibility index (Phi) is 3.86. The van der Waals surface area contributed by atoms with E-state index in [1.54, 1.807) is 4.90 Å². The number of carbonyl (C=O) groups is 1. The van der Waals surface area contributed by atoms with E-state index >= 15 is 0 Å². The van der Waals surface area contributed by atoms with Gasteiger partial charge in [0.05, 0.1) is 5.69 Å². The molecule has 1 aliphatic carbocycles. The number of hydrogen-bond acceptors (Lipinski definition) is 4. The molecule has 3 heterocycles. The molecule has 4 rings (SSSR count). The largest absolute Gasteiger partial charge is 0.465 e. The van der Waals surface area contributed by atoms with E-state index in [9.17, 15) is 4.79 Å². The fraction of sp³-hybridized carbons (Fsp3) is 0.500. The van der Waals surface area contributed by atoms with Crippen molar-refractivity contribution in [3.05, 3.63) is 30.2 Å². The molecule has 1 saturated carbocycles. The minimum absolute atomic E-state index is 0.379. The lowest BCUT2D eigenvalue weighted by atomic mass is 10.0. The summed E-state index contributed by atoms with van der Waals surface area (Å²) in [6, 6.07) is 4.46. The molecule has 2 N–H and O–H groups in total. The number of nitrogens with zero attached hydrogens (tertiary/aromatic N) is 4. The Labute approximate surface area is 146 Å². The third kappa shape index (κ3) is 3.06. The van der Waals surface area contributed by atoms with E-state index in [0.29, 0.717) is 31.0 Å². The van der Waals surface area contributed by atoms with Gasteiger partial charge in [-0.25, -0.2) is 9.78 Å². The Bertz CT molecular complexity index is 771. The Morgan fingerprint density at radius 2 is 2.00 bits per heavy atom. The van der Waals surface area contributed by atoms with Crippen LogP contribution in [-0.2, 0) is 7.05 Å². The topological polar surface area (TPSA) is 83.3 Å². The number of carboxylic acid groups (broad SMARTS) is 1. The van der Waals surface area contributed by atoms with Gasteiger partial charge in [-0.3, -0.25) is 4.68 Å². The maximum atomic E-state index is 11.1. The molecule has 0 radical (unpaired) electrons. The van der Waals surface area contributed by atoms with Gasteiger partial charge >= 0.3 is 6.09 Å². The van der Waals surface area contributed by atoms with Gasteiger partial charge in [-0.2, -0.15) is 5.10 Å². The summed E-state index contributed by atoms with van der Waals surface area (Å²) in [6.45, 7) is 3.34. The highest BCUT2D eigenvalue weighted by molar-refractivity contribution is 5.66. The highest BCUT2D eigenvalue weighted by atomic mass is 16.4. The molecule has 2 aromatic heterocycles.